The molecule has 0 aliphatic carbocycles. The van der Waals surface area contributed by atoms with E-state index in [1.165, 1.54) is 6.07 Å². The third kappa shape index (κ3) is 3.51. The van der Waals surface area contributed by atoms with Crippen molar-refractivity contribution >= 4 is 60.3 Å². The van der Waals surface area contributed by atoms with Gasteiger partial charge in [-0.2, -0.15) is 0 Å². The maximum Gasteiger partial charge on any atom is 0.293 e. The summed E-state index contributed by atoms with van der Waals surface area (Å²) in [6, 6.07) is 3.67. The molecule has 0 saturated carbocycles. The summed E-state index contributed by atoms with van der Waals surface area (Å²) in [5.41, 5.74) is -1.01. The van der Waals surface area contributed by atoms with Crippen LogP contribution in [0.2, 0.25) is 5.02 Å². The van der Waals surface area contributed by atoms with Crippen LogP contribution >= 0.6 is 38.9 Å². The van der Waals surface area contributed by atoms with Gasteiger partial charge in [0.05, 0.1) is 13.7 Å². The summed E-state index contributed by atoms with van der Waals surface area (Å²) in [6.07, 6.45) is 0. The van der Waals surface area contributed by atoms with Gasteiger partial charge in [0.2, 0.25) is 0 Å². The lowest BCUT2D eigenvalue weighted by Crippen LogP contribution is -2.13. The lowest BCUT2D eigenvalue weighted by Gasteiger charge is -2.06. The van der Waals surface area contributed by atoms with E-state index in [2.05, 4.69) is 15.9 Å². The molecule has 6 nitrogen and oxygen atoms in total. The Kier molecular flexibility index (Phi) is 4.51. The second-order valence-corrected chi connectivity index (χ2v) is 8.40. The Hall–Kier alpha value is -1.23. The number of hydrogen-bond donors (Lipinski definition) is 1. The van der Waals surface area contributed by atoms with Crippen molar-refractivity contribution in [2.45, 2.75) is 4.21 Å². The van der Waals surface area contributed by atoms with Gasteiger partial charge < -0.3 is 0 Å². The van der Waals surface area contributed by atoms with Gasteiger partial charge >= 0.3 is 0 Å². The number of rotatable bonds is 4. The molecule has 1 heterocycles. The van der Waals surface area contributed by atoms with Crippen molar-refractivity contribution in [3.63, 3.8) is 0 Å². The molecule has 0 aliphatic heterocycles. The fraction of sp³-hybridized carbons (Fsp3) is 0. The highest BCUT2D eigenvalue weighted by Crippen LogP contribution is 2.36. The Morgan fingerprint density at radius 1 is 1.38 bits per heavy atom. The van der Waals surface area contributed by atoms with E-state index in [1.807, 2.05) is 4.72 Å². The van der Waals surface area contributed by atoms with Gasteiger partial charge in [0.1, 0.15) is 15.7 Å². The predicted octanol–water partition coefficient (Wildman–Crippen LogP) is 4.01. The molecule has 21 heavy (non-hydrogen) atoms. The van der Waals surface area contributed by atoms with Gasteiger partial charge in [-0.1, -0.05) is 11.6 Å². The number of thiophene rings is 1. The van der Waals surface area contributed by atoms with E-state index < -0.39 is 32.1 Å². The SMILES string of the molecule is O=[N+]([O-])c1ccc(F)cc1NS(=O)(=O)c1cc(Cl)c(Br)s1. The van der Waals surface area contributed by atoms with E-state index in [4.69, 9.17) is 11.6 Å². The smallest absolute Gasteiger partial charge is 0.272 e. The van der Waals surface area contributed by atoms with E-state index in [9.17, 15) is 22.9 Å². The standard InChI is InChI=1S/C10H5BrClFN2O4S2/c11-10-6(12)4-9(20-10)21(18,19)14-7-3-5(13)1-2-8(7)15(16)17/h1-4,14H. The summed E-state index contributed by atoms with van der Waals surface area (Å²) in [4.78, 5) is 10.0. The van der Waals surface area contributed by atoms with Crippen LogP contribution in [0.5, 0.6) is 0 Å². The van der Waals surface area contributed by atoms with Gasteiger partial charge in [-0.3, -0.25) is 14.8 Å². The first-order valence-corrected chi connectivity index (χ1v) is 8.59. The molecule has 0 bridgehead atoms. The van der Waals surface area contributed by atoms with E-state index >= 15 is 0 Å². The van der Waals surface area contributed by atoms with Crippen LogP contribution in [0.25, 0.3) is 0 Å². The predicted molar refractivity (Wildman–Crippen MR) is 80.9 cm³/mol. The number of nitro benzene ring substituents is 1. The molecular weight excluding hydrogens is 411 g/mol. The van der Waals surface area contributed by atoms with E-state index in [-0.39, 0.29) is 9.23 Å². The minimum atomic E-state index is -4.10. The molecule has 1 N–H and O–H groups in total. The van der Waals surface area contributed by atoms with Crippen molar-refractivity contribution < 1.29 is 17.7 Å². The molecule has 2 aromatic rings. The van der Waals surface area contributed by atoms with E-state index in [0.717, 1.165) is 29.5 Å². The molecule has 0 unspecified atom stereocenters. The zero-order valence-electron chi connectivity index (χ0n) is 9.84. The number of nitrogens with one attached hydrogen (secondary N) is 1. The van der Waals surface area contributed by atoms with Crippen LogP contribution in [0, 0.1) is 15.9 Å². The molecule has 0 spiro atoms. The average molecular weight is 416 g/mol. The summed E-state index contributed by atoms with van der Waals surface area (Å²) < 4.78 is 39.7. The first-order chi connectivity index (χ1) is 9.70. The number of hydrogen-bond acceptors (Lipinski definition) is 5. The maximum atomic E-state index is 13.2. The summed E-state index contributed by atoms with van der Waals surface area (Å²) in [5.74, 6) is -0.802. The van der Waals surface area contributed by atoms with Crippen LogP contribution in [-0.4, -0.2) is 13.3 Å². The van der Waals surface area contributed by atoms with Gasteiger partial charge in [0, 0.05) is 12.1 Å². The fourth-order valence-corrected chi connectivity index (χ4v) is 4.87. The first kappa shape index (κ1) is 16.1. The molecule has 0 radical (unpaired) electrons. The molecule has 1 aromatic carbocycles. The lowest BCUT2D eigenvalue weighted by atomic mass is 10.3. The van der Waals surface area contributed by atoms with Gasteiger partial charge in [0.15, 0.2) is 0 Å². The minimum absolute atomic E-state index is 0.155. The number of nitrogens with zero attached hydrogens (tertiary/aromatic N) is 1. The number of benzene rings is 1. The van der Waals surface area contributed by atoms with Gasteiger partial charge in [-0.15, -0.1) is 11.3 Å². The monoisotopic (exact) mass is 414 g/mol. The molecule has 0 atom stereocenters. The van der Waals surface area contributed by atoms with Crippen molar-refractivity contribution in [2.75, 3.05) is 4.72 Å². The average Bonchev–Trinajstić information content (AvgIpc) is 2.69. The van der Waals surface area contributed by atoms with Gasteiger partial charge in [-0.25, -0.2) is 12.8 Å². The van der Waals surface area contributed by atoms with Crippen LogP contribution < -0.4 is 4.72 Å². The van der Waals surface area contributed by atoms with Crippen LogP contribution in [0.4, 0.5) is 15.8 Å². The largest absolute Gasteiger partial charge is 0.293 e. The molecule has 1 aromatic heterocycles. The van der Waals surface area contributed by atoms with Crippen molar-refractivity contribution in [1.29, 1.82) is 0 Å². The molecule has 0 fully saturated rings. The normalized spacial score (nSPS) is 11.4. The number of halogens is 3. The Balaban J connectivity index is 2.45. The molecule has 0 saturated heterocycles. The third-order valence-electron chi connectivity index (χ3n) is 2.29. The Labute approximate surface area is 135 Å². The van der Waals surface area contributed by atoms with Crippen molar-refractivity contribution in [2.24, 2.45) is 0 Å². The molecule has 2 rings (SSSR count). The number of nitro groups is 1. The Morgan fingerprint density at radius 3 is 2.57 bits per heavy atom. The zero-order valence-corrected chi connectivity index (χ0v) is 13.8. The highest BCUT2D eigenvalue weighted by molar-refractivity contribution is 9.11. The highest BCUT2D eigenvalue weighted by Gasteiger charge is 2.24. The van der Waals surface area contributed by atoms with Gasteiger partial charge in [-0.05, 0) is 28.1 Å². The topological polar surface area (TPSA) is 89.3 Å². The fourth-order valence-electron chi connectivity index (χ4n) is 1.40. The zero-order chi connectivity index (χ0) is 15.8. The molecular formula is C10H5BrClFN2O4S2. The lowest BCUT2D eigenvalue weighted by molar-refractivity contribution is -0.383. The van der Waals surface area contributed by atoms with Crippen LogP contribution in [0.1, 0.15) is 0 Å². The maximum absolute atomic E-state index is 13.2. The van der Waals surface area contributed by atoms with Crippen molar-refractivity contribution in [3.05, 3.63) is 49.0 Å². The molecule has 11 heteroatoms. The highest BCUT2D eigenvalue weighted by atomic mass is 79.9. The van der Waals surface area contributed by atoms with Crippen LogP contribution in [-0.2, 0) is 10.0 Å². The summed E-state index contributed by atoms with van der Waals surface area (Å²) in [7, 11) is -4.10. The quantitative estimate of drug-likeness (QED) is 0.603. The molecule has 0 amide bonds. The Bertz CT molecular complexity index is 805. The summed E-state index contributed by atoms with van der Waals surface area (Å²) >= 11 is 9.65. The van der Waals surface area contributed by atoms with E-state index in [0.29, 0.717) is 3.79 Å². The minimum Gasteiger partial charge on any atom is -0.272 e. The van der Waals surface area contributed by atoms with Crippen molar-refractivity contribution in [3.8, 4) is 0 Å². The van der Waals surface area contributed by atoms with Crippen LogP contribution in [0.15, 0.2) is 32.3 Å². The van der Waals surface area contributed by atoms with E-state index in [1.54, 1.807) is 0 Å². The molecule has 112 valence electrons. The number of anilines is 1. The second-order valence-electron chi connectivity index (χ2n) is 3.71. The third-order valence-corrected chi connectivity index (χ3v) is 6.60. The van der Waals surface area contributed by atoms with Gasteiger partial charge in [0.25, 0.3) is 15.7 Å². The summed E-state index contributed by atoms with van der Waals surface area (Å²) in [6.45, 7) is 0. The summed E-state index contributed by atoms with van der Waals surface area (Å²) in [5, 5.41) is 11.0. The number of sulfonamides is 1. The van der Waals surface area contributed by atoms with Crippen molar-refractivity contribution in [1.82, 2.24) is 0 Å². The Morgan fingerprint density at radius 2 is 2.05 bits per heavy atom. The second kappa shape index (κ2) is 5.87. The first-order valence-electron chi connectivity index (χ1n) is 5.12. The molecule has 0 aliphatic rings. The van der Waals surface area contributed by atoms with Crippen LogP contribution in [0.3, 0.4) is 0 Å².